The molecule has 1 atom stereocenters. The Morgan fingerprint density at radius 2 is 1.31 bits per heavy atom. The Kier molecular flexibility index (Phi) is 9.58. The van der Waals surface area contributed by atoms with Gasteiger partial charge in [-0.2, -0.15) is 5.21 Å². The maximum atomic E-state index is 14.0. The molecule has 55 heavy (non-hydrogen) atoms. The summed E-state index contributed by atoms with van der Waals surface area (Å²) in [5.41, 5.74) is 13.0. The molecule has 3 N–H and O–H groups in total. The lowest BCUT2D eigenvalue weighted by molar-refractivity contribution is -0.114. The molecule has 0 spiro atoms. The second kappa shape index (κ2) is 15.1. The van der Waals surface area contributed by atoms with Gasteiger partial charge in [0.15, 0.2) is 6.10 Å². The van der Waals surface area contributed by atoms with E-state index < -0.39 is 23.2 Å². The number of Topliss-reactive ketones (excluding diaryl/α,β-unsaturated/α-hetero) is 1. The number of aromatic amines is 1. The van der Waals surface area contributed by atoms with Crippen molar-refractivity contribution in [1.82, 2.24) is 25.0 Å². The lowest BCUT2D eigenvalue weighted by atomic mass is 9.65. The summed E-state index contributed by atoms with van der Waals surface area (Å²) in [7, 11) is 0. The maximum Gasteiger partial charge on any atom is 0.289 e. The predicted molar refractivity (Wildman–Crippen MR) is 212 cm³/mol. The van der Waals surface area contributed by atoms with Crippen LogP contribution in [0.5, 0.6) is 5.75 Å². The average Bonchev–Trinajstić information content (AvgIpc) is 3.89. The smallest absolute Gasteiger partial charge is 0.289 e. The molecule has 5 aromatic carbocycles. The monoisotopic (exact) mass is 722 g/mol. The number of rotatable bonds is 13. The van der Waals surface area contributed by atoms with Crippen LogP contribution in [0.3, 0.4) is 0 Å². The molecule has 0 fully saturated rings. The SMILES string of the molecule is CCc1c(C(=O)C(N)=O)c2c(OC(c3nn[nH]n3)C(c3ccccc3)(c3ccccc3)c3ccccc3)cccn2c1Cc1ccccc1-c1ccccc1. The van der Waals surface area contributed by atoms with Crippen LogP contribution < -0.4 is 10.5 Å². The van der Waals surface area contributed by atoms with Gasteiger partial charge in [0.05, 0.1) is 16.5 Å². The van der Waals surface area contributed by atoms with E-state index in [1.807, 2.05) is 115 Å². The summed E-state index contributed by atoms with van der Waals surface area (Å²) in [6.07, 6.45) is 1.90. The molecule has 3 heterocycles. The van der Waals surface area contributed by atoms with Crippen LogP contribution in [-0.2, 0) is 23.1 Å². The first-order valence-electron chi connectivity index (χ1n) is 18.2. The zero-order chi connectivity index (χ0) is 37.8. The molecule has 0 saturated heterocycles. The van der Waals surface area contributed by atoms with Crippen LogP contribution in [0.15, 0.2) is 164 Å². The Morgan fingerprint density at radius 1 is 0.745 bits per heavy atom. The van der Waals surface area contributed by atoms with Gasteiger partial charge in [0, 0.05) is 18.3 Å². The number of aromatic nitrogens is 5. The molecule has 0 bridgehead atoms. The normalized spacial score (nSPS) is 12.0. The van der Waals surface area contributed by atoms with Crippen LogP contribution in [0, 0.1) is 0 Å². The molecule has 8 aromatic rings. The van der Waals surface area contributed by atoms with Crippen molar-refractivity contribution in [2.75, 3.05) is 0 Å². The van der Waals surface area contributed by atoms with Crippen molar-refractivity contribution in [2.24, 2.45) is 5.73 Å². The lowest BCUT2D eigenvalue weighted by Gasteiger charge is -2.41. The number of carbonyl (C=O) groups excluding carboxylic acids is 2. The van der Waals surface area contributed by atoms with E-state index in [-0.39, 0.29) is 5.56 Å². The number of fused-ring (bicyclic) bond motifs is 1. The number of ketones is 1. The fourth-order valence-corrected chi connectivity index (χ4v) is 7.98. The summed E-state index contributed by atoms with van der Waals surface area (Å²) in [5.74, 6) is -1.19. The number of nitrogens with two attached hydrogens (primary N) is 1. The summed E-state index contributed by atoms with van der Waals surface area (Å²) < 4.78 is 9.28. The molecule has 1 unspecified atom stereocenters. The quantitative estimate of drug-likeness (QED) is 0.0704. The summed E-state index contributed by atoms with van der Waals surface area (Å²) in [5, 5.41) is 15.7. The molecule has 9 heteroatoms. The molecule has 0 aliphatic carbocycles. The molecule has 3 aromatic heterocycles. The number of H-pyrrole nitrogens is 1. The van der Waals surface area contributed by atoms with Gasteiger partial charge in [-0.25, -0.2) is 0 Å². The third kappa shape index (κ3) is 6.25. The largest absolute Gasteiger partial charge is 0.478 e. The predicted octanol–water partition coefficient (Wildman–Crippen LogP) is 8.10. The minimum atomic E-state index is -1.05. The Hall–Kier alpha value is -7.13. The van der Waals surface area contributed by atoms with Gasteiger partial charge in [-0.1, -0.05) is 158 Å². The van der Waals surface area contributed by atoms with E-state index in [2.05, 4.69) is 81.3 Å². The van der Waals surface area contributed by atoms with Gasteiger partial charge in [0.25, 0.3) is 11.7 Å². The van der Waals surface area contributed by atoms with Crippen LogP contribution in [0.1, 0.15) is 62.7 Å². The number of amides is 1. The molecule has 270 valence electrons. The molecule has 9 nitrogen and oxygen atoms in total. The van der Waals surface area contributed by atoms with Gasteiger partial charge in [0.2, 0.25) is 5.82 Å². The van der Waals surface area contributed by atoms with Crippen LogP contribution in [0.2, 0.25) is 0 Å². The highest BCUT2D eigenvalue weighted by Crippen LogP contribution is 2.50. The molecule has 0 radical (unpaired) electrons. The number of nitrogens with zero attached hydrogens (tertiary/aromatic N) is 4. The highest BCUT2D eigenvalue weighted by molar-refractivity contribution is 6.44. The third-order valence-electron chi connectivity index (χ3n) is 10.3. The molecule has 0 saturated carbocycles. The van der Waals surface area contributed by atoms with Gasteiger partial charge in [-0.3, -0.25) is 9.59 Å². The number of pyridine rings is 1. The van der Waals surface area contributed by atoms with E-state index in [1.165, 1.54) is 0 Å². The van der Waals surface area contributed by atoms with E-state index in [0.29, 0.717) is 29.9 Å². The summed E-state index contributed by atoms with van der Waals surface area (Å²) in [6.45, 7) is 1.98. The second-order valence-electron chi connectivity index (χ2n) is 13.3. The molecular weight excluding hydrogens is 685 g/mol. The summed E-state index contributed by atoms with van der Waals surface area (Å²) in [6, 6.07) is 52.4. The van der Waals surface area contributed by atoms with E-state index in [0.717, 1.165) is 44.6 Å². The fraction of sp³-hybridized carbons (Fsp3) is 0.109. The van der Waals surface area contributed by atoms with Crippen molar-refractivity contribution in [3.8, 4) is 16.9 Å². The number of hydrogen-bond donors (Lipinski definition) is 2. The third-order valence-corrected chi connectivity index (χ3v) is 10.3. The van der Waals surface area contributed by atoms with Crippen LogP contribution in [0.4, 0.5) is 0 Å². The van der Waals surface area contributed by atoms with Gasteiger partial charge >= 0.3 is 0 Å². The van der Waals surface area contributed by atoms with Gasteiger partial charge in [-0.05, 0) is 57.5 Å². The molecule has 0 aliphatic rings. The topological polar surface area (TPSA) is 128 Å². The molecule has 1 amide bonds. The van der Waals surface area contributed by atoms with E-state index in [4.69, 9.17) is 10.5 Å². The highest BCUT2D eigenvalue weighted by atomic mass is 16.5. The standard InChI is InChI=1S/C46H38N6O3/c1-2-36-38(30-32-20-15-16-27-37(32)31-18-7-3-8-19-31)52-29-17-28-39(41(52)40(36)42(53)44(47)54)55-43(45-48-50-51-49-45)46(33-21-9-4-10-22-33,34-23-11-5-12-24-34)35-25-13-6-14-26-35/h3-29,43H,2,30H2,1H3,(H2,47,54)(H,48,49,50,51). The maximum absolute atomic E-state index is 14.0. The zero-order valence-corrected chi connectivity index (χ0v) is 30.2. The number of tetrazole rings is 1. The first kappa shape index (κ1) is 34.9. The summed E-state index contributed by atoms with van der Waals surface area (Å²) in [4.78, 5) is 26.9. The van der Waals surface area contributed by atoms with Crippen molar-refractivity contribution in [3.05, 3.63) is 209 Å². The number of carbonyl (C=O) groups is 2. The minimum Gasteiger partial charge on any atom is -0.478 e. The van der Waals surface area contributed by atoms with Gasteiger partial charge in [-0.15, -0.1) is 10.2 Å². The Morgan fingerprint density at radius 3 is 1.85 bits per heavy atom. The van der Waals surface area contributed by atoms with Crippen LogP contribution >= 0.6 is 0 Å². The number of benzene rings is 5. The first-order valence-corrected chi connectivity index (χ1v) is 18.2. The Labute approximate surface area is 318 Å². The first-order chi connectivity index (χ1) is 27.0. The number of ether oxygens (including phenoxy) is 1. The fourth-order valence-electron chi connectivity index (χ4n) is 7.98. The summed E-state index contributed by atoms with van der Waals surface area (Å²) >= 11 is 0. The number of primary amides is 1. The van der Waals surface area contributed by atoms with E-state index in [1.54, 1.807) is 0 Å². The lowest BCUT2D eigenvalue weighted by Crippen LogP contribution is -2.40. The minimum absolute atomic E-state index is 0.217. The van der Waals surface area contributed by atoms with Crippen molar-refractivity contribution >= 4 is 17.2 Å². The highest BCUT2D eigenvalue weighted by Gasteiger charge is 2.49. The Bertz CT molecular complexity index is 2480. The van der Waals surface area contributed by atoms with E-state index in [9.17, 15) is 9.59 Å². The van der Waals surface area contributed by atoms with E-state index >= 15 is 0 Å². The van der Waals surface area contributed by atoms with Gasteiger partial charge in [0.1, 0.15) is 5.75 Å². The van der Waals surface area contributed by atoms with Crippen molar-refractivity contribution in [3.63, 3.8) is 0 Å². The van der Waals surface area contributed by atoms with Gasteiger partial charge < -0.3 is 14.9 Å². The number of nitrogens with one attached hydrogen (secondary N) is 1. The van der Waals surface area contributed by atoms with Crippen molar-refractivity contribution < 1.29 is 14.3 Å². The molecular formula is C46H38N6O3. The molecule has 0 aliphatic heterocycles. The van der Waals surface area contributed by atoms with Crippen molar-refractivity contribution in [1.29, 1.82) is 0 Å². The molecule has 8 rings (SSSR count). The zero-order valence-electron chi connectivity index (χ0n) is 30.2. The van der Waals surface area contributed by atoms with Crippen LogP contribution in [-0.4, -0.2) is 36.7 Å². The van der Waals surface area contributed by atoms with Crippen molar-refractivity contribution in [2.45, 2.75) is 31.3 Å². The number of hydrogen-bond acceptors (Lipinski definition) is 6. The Balaban J connectivity index is 1.40. The second-order valence-corrected chi connectivity index (χ2v) is 13.3. The average molecular weight is 723 g/mol. The van der Waals surface area contributed by atoms with Crippen LogP contribution in [0.25, 0.3) is 16.6 Å².